The van der Waals surface area contributed by atoms with Gasteiger partial charge in [0.1, 0.15) is 0 Å². The van der Waals surface area contributed by atoms with Gasteiger partial charge in [-0.25, -0.2) is 0 Å². The minimum Gasteiger partial charge on any atom is -0.0683 e. The van der Waals surface area contributed by atoms with Crippen LogP contribution < -0.4 is 0 Å². The Bertz CT molecular complexity index is 234. The largest absolute Gasteiger partial charge is 0.0683 e. The lowest BCUT2D eigenvalue weighted by Gasteiger charge is -1.97. The summed E-state index contributed by atoms with van der Waals surface area (Å²) in [5.41, 5.74) is 2.93. The second kappa shape index (κ2) is 4.30. The van der Waals surface area contributed by atoms with E-state index in [-0.39, 0.29) is 0 Å². The van der Waals surface area contributed by atoms with Gasteiger partial charge in [0.05, 0.1) is 0 Å². The molecule has 12 heavy (non-hydrogen) atoms. The van der Waals surface area contributed by atoms with Crippen molar-refractivity contribution in [1.29, 1.82) is 0 Å². The van der Waals surface area contributed by atoms with Gasteiger partial charge in [-0.1, -0.05) is 43.7 Å². The van der Waals surface area contributed by atoms with Crippen LogP contribution in [0.5, 0.6) is 0 Å². The van der Waals surface area contributed by atoms with Crippen molar-refractivity contribution in [2.24, 2.45) is 0 Å². The highest BCUT2D eigenvalue weighted by molar-refractivity contribution is 5.28. The van der Waals surface area contributed by atoms with Gasteiger partial charge in [0.15, 0.2) is 0 Å². The third kappa shape index (κ3) is 2.37. The molecule has 0 spiro atoms. The average Bonchev–Trinajstić information content (AvgIpc) is 2.90. The van der Waals surface area contributed by atoms with Crippen LogP contribution in [-0.2, 0) is 0 Å². The Morgan fingerprint density at radius 2 is 1.83 bits per heavy atom. The first kappa shape index (κ1) is 9.31. The summed E-state index contributed by atoms with van der Waals surface area (Å²) in [5, 5.41) is 0. The van der Waals surface area contributed by atoms with E-state index in [0.717, 1.165) is 5.92 Å². The highest BCUT2D eigenvalue weighted by Crippen LogP contribution is 2.39. The molecule has 66 valence electrons. The second-order valence-corrected chi connectivity index (χ2v) is 3.19. The minimum atomic E-state index is 0.903. The van der Waals surface area contributed by atoms with Gasteiger partial charge in [-0.15, -0.1) is 0 Å². The summed E-state index contributed by atoms with van der Waals surface area (Å²) in [6.07, 6.45) is 2.81. The zero-order valence-corrected chi connectivity index (χ0v) is 8.30. The normalized spacial score (nSPS) is 14.9. The van der Waals surface area contributed by atoms with E-state index in [4.69, 9.17) is 0 Å². The van der Waals surface area contributed by atoms with Gasteiger partial charge in [-0.2, -0.15) is 0 Å². The van der Waals surface area contributed by atoms with Crippen LogP contribution in [-0.4, -0.2) is 0 Å². The van der Waals surface area contributed by atoms with Crippen molar-refractivity contribution in [3.05, 3.63) is 35.4 Å². The van der Waals surface area contributed by atoms with E-state index in [9.17, 15) is 0 Å². The smallest absolute Gasteiger partial charge is 0.0161 e. The van der Waals surface area contributed by atoms with Crippen molar-refractivity contribution in [2.75, 3.05) is 0 Å². The molecule has 0 atom stereocenters. The molecule has 0 heterocycles. The Balaban J connectivity index is 0.000000336. The number of rotatable bonds is 1. The molecule has 0 N–H and O–H groups in total. The summed E-state index contributed by atoms with van der Waals surface area (Å²) in [5.74, 6) is 0.903. The van der Waals surface area contributed by atoms with Crippen molar-refractivity contribution >= 4 is 0 Å². The fourth-order valence-electron chi connectivity index (χ4n) is 1.34. The van der Waals surface area contributed by atoms with Crippen LogP contribution in [0.1, 0.15) is 43.7 Å². The highest BCUT2D eigenvalue weighted by atomic mass is 14.3. The van der Waals surface area contributed by atoms with Gasteiger partial charge in [-0.3, -0.25) is 0 Å². The first-order chi connectivity index (χ1) is 5.86. The molecule has 1 aromatic rings. The predicted octanol–water partition coefficient (Wildman–Crippen LogP) is 3.90. The van der Waals surface area contributed by atoms with Gasteiger partial charge < -0.3 is 0 Å². The molecule has 0 heteroatoms. The first-order valence-electron chi connectivity index (χ1n) is 4.93. The zero-order valence-electron chi connectivity index (χ0n) is 8.30. The molecule has 2 rings (SSSR count). The maximum Gasteiger partial charge on any atom is -0.0161 e. The molecule has 0 unspecified atom stereocenters. The second-order valence-electron chi connectivity index (χ2n) is 3.19. The molecule has 0 nitrogen and oxygen atoms in total. The summed E-state index contributed by atoms with van der Waals surface area (Å²) in [4.78, 5) is 0. The van der Waals surface area contributed by atoms with E-state index in [1.165, 1.54) is 18.4 Å². The fourth-order valence-corrected chi connectivity index (χ4v) is 1.34. The molecule has 0 aliphatic heterocycles. The van der Waals surface area contributed by atoms with E-state index < -0.39 is 0 Å². The van der Waals surface area contributed by atoms with Crippen molar-refractivity contribution in [2.45, 2.75) is 39.5 Å². The van der Waals surface area contributed by atoms with E-state index in [0.29, 0.717) is 0 Å². The molecule has 0 radical (unpaired) electrons. The van der Waals surface area contributed by atoms with E-state index in [2.05, 4.69) is 31.2 Å². The molecule has 1 aromatic carbocycles. The van der Waals surface area contributed by atoms with Crippen LogP contribution >= 0.6 is 0 Å². The van der Waals surface area contributed by atoms with Crippen molar-refractivity contribution in [3.63, 3.8) is 0 Å². The Kier molecular flexibility index (Phi) is 3.33. The third-order valence-electron chi connectivity index (χ3n) is 2.09. The lowest BCUT2D eigenvalue weighted by atomic mass is 10.1. The predicted molar refractivity (Wildman–Crippen MR) is 54.5 cm³/mol. The SMILES string of the molecule is CC.Cc1cccc(C2CC2)c1. The standard InChI is InChI=1S/C10H12.C2H6/c1-8-3-2-4-10(7-8)9-5-6-9;1-2/h2-4,7,9H,5-6H2,1H3;1-2H3. The fraction of sp³-hybridized carbons (Fsp3) is 0.500. The molecular weight excluding hydrogens is 144 g/mol. The molecule has 1 fully saturated rings. The van der Waals surface area contributed by atoms with E-state index >= 15 is 0 Å². The maximum absolute atomic E-state index is 2.30. The Labute approximate surface area is 75.6 Å². The first-order valence-corrected chi connectivity index (χ1v) is 4.93. The maximum atomic E-state index is 2.30. The van der Waals surface area contributed by atoms with Crippen molar-refractivity contribution in [3.8, 4) is 0 Å². The summed E-state index contributed by atoms with van der Waals surface area (Å²) >= 11 is 0. The summed E-state index contributed by atoms with van der Waals surface area (Å²) in [6.45, 7) is 6.16. The lowest BCUT2D eigenvalue weighted by molar-refractivity contribution is 1.12. The van der Waals surface area contributed by atoms with Gasteiger partial charge in [-0.05, 0) is 31.2 Å². The van der Waals surface area contributed by atoms with Gasteiger partial charge in [0.25, 0.3) is 0 Å². The Morgan fingerprint density at radius 1 is 1.17 bits per heavy atom. The summed E-state index contributed by atoms with van der Waals surface area (Å²) in [7, 11) is 0. The van der Waals surface area contributed by atoms with E-state index in [1.807, 2.05) is 13.8 Å². The van der Waals surface area contributed by atoms with Crippen LogP contribution in [0.3, 0.4) is 0 Å². The topological polar surface area (TPSA) is 0 Å². The third-order valence-corrected chi connectivity index (χ3v) is 2.09. The molecule has 0 amide bonds. The van der Waals surface area contributed by atoms with Gasteiger partial charge in [0.2, 0.25) is 0 Å². The van der Waals surface area contributed by atoms with Crippen LogP contribution in [0.15, 0.2) is 24.3 Å². The molecule has 0 aromatic heterocycles. The van der Waals surface area contributed by atoms with Crippen LogP contribution in [0, 0.1) is 6.92 Å². The molecule has 1 aliphatic carbocycles. The van der Waals surface area contributed by atoms with Crippen LogP contribution in [0.2, 0.25) is 0 Å². The zero-order chi connectivity index (χ0) is 8.97. The molecule has 0 bridgehead atoms. The summed E-state index contributed by atoms with van der Waals surface area (Å²) < 4.78 is 0. The van der Waals surface area contributed by atoms with Crippen LogP contribution in [0.25, 0.3) is 0 Å². The van der Waals surface area contributed by atoms with Crippen molar-refractivity contribution in [1.82, 2.24) is 0 Å². The average molecular weight is 162 g/mol. The lowest BCUT2D eigenvalue weighted by Crippen LogP contribution is -1.78. The monoisotopic (exact) mass is 162 g/mol. The quantitative estimate of drug-likeness (QED) is 0.587. The Morgan fingerprint density at radius 3 is 2.33 bits per heavy atom. The number of benzene rings is 1. The van der Waals surface area contributed by atoms with Gasteiger partial charge in [0, 0.05) is 0 Å². The molecular formula is C12H18. The van der Waals surface area contributed by atoms with Gasteiger partial charge >= 0.3 is 0 Å². The highest BCUT2D eigenvalue weighted by Gasteiger charge is 2.22. The van der Waals surface area contributed by atoms with E-state index in [1.54, 1.807) is 5.56 Å². The number of hydrogen-bond acceptors (Lipinski definition) is 0. The molecule has 1 saturated carbocycles. The van der Waals surface area contributed by atoms with Crippen LogP contribution in [0.4, 0.5) is 0 Å². The summed E-state index contributed by atoms with van der Waals surface area (Å²) in [6, 6.07) is 8.86. The molecule has 1 aliphatic rings. The molecule has 0 saturated heterocycles. The number of aryl methyl sites for hydroxylation is 1. The Hall–Kier alpha value is -0.780. The minimum absolute atomic E-state index is 0.903. The van der Waals surface area contributed by atoms with Crippen molar-refractivity contribution < 1.29 is 0 Å². The number of hydrogen-bond donors (Lipinski definition) is 0.